The zero-order valence-corrected chi connectivity index (χ0v) is 13.5. The van der Waals surface area contributed by atoms with Gasteiger partial charge in [0.2, 0.25) is 10.0 Å². The van der Waals surface area contributed by atoms with Crippen molar-refractivity contribution >= 4 is 27.9 Å². The molecule has 3 N–H and O–H groups in total. The minimum absolute atomic E-state index is 0.231. The van der Waals surface area contributed by atoms with Gasteiger partial charge in [0.1, 0.15) is 12.4 Å². The Balaban J connectivity index is 2.41. The monoisotopic (exact) mass is 361 g/mol. The van der Waals surface area contributed by atoms with E-state index in [2.05, 4.69) is 10.1 Å². The Morgan fingerprint density at radius 1 is 1.17 bits per heavy atom. The molecule has 0 aromatic heterocycles. The van der Waals surface area contributed by atoms with E-state index in [-0.39, 0.29) is 4.90 Å². The lowest BCUT2D eigenvalue weighted by Crippen LogP contribution is -2.41. The second-order valence-electron chi connectivity index (χ2n) is 4.35. The van der Waals surface area contributed by atoms with Crippen molar-refractivity contribution in [2.24, 2.45) is 0 Å². The van der Waals surface area contributed by atoms with Crippen LogP contribution in [0.25, 0.3) is 0 Å². The number of amides is 3. The molecule has 0 bridgehead atoms. The molecule has 132 valence electrons. The van der Waals surface area contributed by atoms with Gasteiger partial charge in [0.15, 0.2) is 6.61 Å². The van der Waals surface area contributed by atoms with Crippen molar-refractivity contribution in [3.05, 3.63) is 30.1 Å². The Morgan fingerprint density at radius 2 is 1.79 bits per heavy atom. The standard InChI is InChI=1S/C13H16FN3O6S/c1-2-15-13(20)17-11(18)8-23-12(19)7-16-24(21,22)10-5-3-9(14)4-6-10/h3-6,16H,2,7-8H2,1H3,(H2,15,17,18,20). The molecule has 0 saturated heterocycles. The van der Waals surface area contributed by atoms with Crippen molar-refractivity contribution in [2.75, 3.05) is 19.7 Å². The van der Waals surface area contributed by atoms with Gasteiger partial charge in [0.25, 0.3) is 5.91 Å². The number of rotatable bonds is 7. The third-order valence-electron chi connectivity index (χ3n) is 2.49. The van der Waals surface area contributed by atoms with Gasteiger partial charge in [-0.3, -0.25) is 14.9 Å². The molecule has 3 amide bonds. The molecule has 1 aromatic rings. The number of ether oxygens (including phenoxy) is 1. The second kappa shape index (κ2) is 8.93. The van der Waals surface area contributed by atoms with E-state index in [1.54, 1.807) is 6.92 Å². The number of imide groups is 1. The van der Waals surface area contributed by atoms with Crippen LogP contribution in [0.2, 0.25) is 0 Å². The molecular formula is C13H16FN3O6S. The number of hydrogen-bond donors (Lipinski definition) is 3. The van der Waals surface area contributed by atoms with Crippen LogP contribution in [-0.2, 0) is 24.3 Å². The highest BCUT2D eigenvalue weighted by atomic mass is 32.2. The first-order chi connectivity index (χ1) is 11.2. The van der Waals surface area contributed by atoms with Gasteiger partial charge in [-0.1, -0.05) is 0 Å². The predicted molar refractivity (Wildman–Crippen MR) is 79.8 cm³/mol. The number of sulfonamides is 1. The topological polar surface area (TPSA) is 131 Å². The van der Waals surface area contributed by atoms with Gasteiger partial charge in [-0.05, 0) is 31.2 Å². The number of carbonyl (C=O) groups is 3. The predicted octanol–water partition coefficient (Wildman–Crippen LogP) is -0.507. The zero-order valence-electron chi connectivity index (χ0n) is 12.7. The normalized spacial score (nSPS) is 10.8. The molecule has 9 nitrogen and oxygen atoms in total. The highest BCUT2D eigenvalue weighted by Crippen LogP contribution is 2.09. The average Bonchev–Trinajstić information content (AvgIpc) is 2.51. The Labute approximate surface area is 137 Å². The Kier molecular flexibility index (Phi) is 7.27. The maximum Gasteiger partial charge on any atom is 0.321 e. The third-order valence-corrected chi connectivity index (χ3v) is 3.90. The molecular weight excluding hydrogens is 345 g/mol. The lowest BCUT2D eigenvalue weighted by Gasteiger charge is -2.08. The van der Waals surface area contributed by atoms with Gasteiger partial charge in [0, 0.05) is 6.54 Å². The van der Waals surface area contributed by atoms with Crippen molar-refractivity contribution in [3.63, 3.8) is 0 Å². The fourth-order valence-electron chi connectivity index (χ4n) is 1.42. The summed E-state index contributed by atoms with van der Waals surface area (Å²) in [5, 5.41) is 4.20. The first kappa shape index (κ1) is 19.5. The summed E-state index contributed by atoms with van der Waals surface area (Å²) in [5.74, 6) is -2.49. The maximum absolute atomic E-state index is 12.7. The van der Waals surface area contributed by atoms with Crippen molar-refractivity contribution in [1.82, 2.24) is 15.4 Å². The van der Waals surface area contributed by atoms with E-state index in [9.17, 15) is 27.2 Å². The number of carbonyl (C=O) groups excluding carboxylic acids is 3. The third kappa shape index (κ3) is 6.71. The molecule has 0 aliphatic rings. The maximum atomic E-state index is 12.7. The van der Waals surface area contributed by atoms with Crippen LogP contribution in [0.1, 0.15) is 6.92 Å². The van der Waals surface area contributed by atoms with E-state index in [1.165, 1.54) is 0 Å². The van der Waals surface area contributed by atoms with Crippen molar-refractivity contribution in [3.8, 4) is 0 Å². The number of benzene rings is 1. The quantitative estimate of drug-likeness (QED) is 0.561. The van der Waals surface area contributed by atoms with Gasteiger partial charge in [-0.15, -0.1) is 0 Å². The van der Waals surface area contributed by atoms with Gasteiger partial charge in [0.05, 0.1) is 4.90 Å². The van der Waals surface area contributed by atoms with Crippen LogP contribution in [0.5, 0.6) is 0 Å². The Bertz CT molecular complexity index is 705. The van der Waals surface area contributed by atoms with E-state index in [0.717, 1.165) is 24.3 Å². The Morgan fingerprint density at radius 3 is 2.38 bits per heavy atom. The van der Waals surface area contributed by atoms with Crippen molar-refractivity contribution in [1.29, 1.82) is 0 Å². The molecule has 0 fully saturated rings. The first-order valence-corrected chi connectivity index (χ1v) is 8.21. The summed E-state index contributed by atoms with van der Waals surface area (Å²) in [6.07, 6.45) is 0. The zero-order chi connectivity index (χ0) is 18.2. The molecule has 0 unspecified atom stereocenters. The van der Waals surface area contributed by atoms with Crippen LogP contribution in [-0.4, -0.2) is 46.0 Å². The number of hydrogen-bond acceptors (Lipinski definition) is 6. The van der Waals surface area contributed by atoms with Crippen LogP contribution in [0.4, 0.5) is 9.18 Å². The summed E-state index contributed by atoms with van der Waals surface area (Å²) >= 11 is 0. The first-order valence-electron chi connectivity index (χ1n) is 6.73. The molecule has 0 aliphatic heterocycles. The van der Waals surface area contributed by atoms with Crippen molar-refractivity contribution < 1.29 is 31.9 Å². The molecule has 0 atom stereocenters. The Hall–Kier alpha value is -2.53. The summed E-state index contributed by atoms with van der Waals surface area (Å²) < 4.78 is 42.9. The summed E-state index contributed by atoms with van der Waals surface area (Å²) in [6.45, 7) is 0.490. The van der Waals surface area contributed by atoms with E-state index in [1.807, 2.05) is 10.0 Å². The summed E-state index contributed by atoms with van der Waals surface area (Å²) in [4.78, 5) is 33.5. The molecule has 1 aromatic carbocycles. The minimum atomic E-state index is -4.02. The molecule has 1 rings (SSSR count). The number of nitrogens with one attached hydrogen (secondary N) is 3. The SMILES string of the molecule is CCNC(=O)NC(=O)COC(=O)CNS(=O)(=O)c1ccc(F)cc1. The minimum Gasteiger partial charge on any atom is -0.455 e. The highest BCUT2D eigenvalue weighted by molar-refractivity contribution is 7.89. The largest absolute Gasteiger partial charge is 0.455 e. The van der Waals surface area contributed by atoms with Crippen LogP contribution in [0, 0.1) is 5.82 Å². The molecule has 0 radical (unpaired) electrons. The van der Waals surface area contributed by atoms with E-state index in [0.29, 0.717) is 6.54 Å². The summed E-state index contributed by atoms with van der Waals surface area (Å²) in [7, 11) is -4.02. The molecule has 0 saturated carbocycles. The van der Waals surface area contributed by atoms with Gasteiger partial charge >= 0.3 is 12.0 Å². The smallest absolute Gasteiger partial charge is 0.321 e. The summed E-state index contributed by atoms with van der Waals surface area (Å²) in [5.41, 5.74) is 0. The fourth-order valence-corrected chi connectivity index (χ4v) is 2.38. The molecule has 0 spiro atoms. The van der Waals surface area contributed by atoms with E-state index < -0.39 is 46.9 Å². The van der Waals surface area contributed by atoms with E-state index in [4.69, 9.17) is 0 Å². The van der Waals surface area contributed by atoms with E-state index >= 15 is 0 Å². The lowest BCUT2D eigenvalue weighted by molar-refractivity contribution is -0.147. The lowest BCUT2D eigenvalue weighted by atomic mass is 10.4. The molecule has 24 heavy (non-hydrogen) atoms. The van der Waals surface area contributed by atoms with Gasteiger partial charge in [-0.2, -0.15) is 4.72 Å². The van der Waals surface area contributed by atoms with Crippen LogP contribution >= 0.6 is 0 Å². The molecule has 0 aliphatic carbocycles. The van der Waals surface area contributed by atoms with Crippen LogP contribution in [0.15, 0.2) is 29.2 Å². The number of esters is 1. The molecule has 11 heteroatoms. The van der Waals surface area contributed by atoms with Gasteiger partial charge in [-0.25, -0.2) is 17.6 Å². The average molecular weight is 361 g/mol. The van der Waals surface area contributed by atoms with Crippen molar-refractivity contribution in [2.45, 2.75) is 11.8 Å². The van der Waals surface area contributed by atoms with Crippen LogP contribution in [0.3, 0.4) is 0 Å². The highest BCUT2D eigenvalue weighted by Gasteiger charge is 2.17. The fraction of sp³-hybridized carbons (Fsp3) is 0.308. The number of urea groups is 1. The van der Waals surface area contributed by atoms with Gasteiger partial charge < -0.3 is 10.1 Å². The second-order valence-corrected chi connectivity index (χ2v) is 6.11. The summed E-state index contributed by atoms with van der Waals surface area (Å²) in [6, 6.07) is 3.23. The van der Waals surface area contributed by atoms with Crippen LogP contribution < -0.4 is 15.4 Å². The molecule has 0 heterocycles. The number of halogens is 1.